The zero-order chi connectivity index (χ0) is 8.27. The van der Waals surface area contributed by atoms with Crippen LogP contribution in [-0.4, -0.2) is 4.98 Å². The topological polar surface area (TPSA) is 12.9 Å². The highest BCUT2D eigenvalue weighted by Gasteiger charge is 1.96. The van der Waals surface area contributed by atoms with Crippen LogP contribution in [0.25, 0.3) is 6.08 Å². The molecule has 1 heteroatoms. The van der Waals surface area contributed by atoms with E-state index in [0.717, 1.165) is 17.7 Å². The first kappa shape index (κ1) is 10.9. The summed E-state index contributed by atoms with van der Waals surface area (Å²) < 4.78 is 0. The summed E-state index contributed by atoms with van der Waals surface area (Å²) in [6, 6.07) is 2.13. The SMILES string of the molecule is C=Cc1cnc(C)c(CC)c1.[CH3]. The van der Waals surface area contributed by atoms with Crippen LogP contribution in [0.3, 0.4) is 0 Å². The molecule has 0 unspecified atom stereocenters. The molecule has 0 saturated carbocycles. The molecule has 12 heavy (non-hydrogen) atoms. The van der Waals surface area contributed by atoms with Gasteiger partial charge in [0.15, 0.2) is 0 Å². The van der Waals surface area contributed by atoms with Gasteiger partial charge in [0.25, 0.3) is 0 Å². The van der Waals surface area contributed by atoms with Crippen molar-refractivity contribution in [3.05, 3.63) is 43.1 Å². The molecule has 0 aliphatic heterocycles. The molecule has 1 heterocycles. The van der Waals surface area contributed by atoms with Crippen LogP contribution >= 0.6 is 0 Å². The molecule has 0 fully saturated rings. The number of aryl methyl sites for hydroxylation is 2. The molecule has 0 saturated heterocycles. The number of nitrogens with zero attached hydrogens (tertiary/aromatic N) is 1. The lowest BCUT2D eigenvalue weighted by molar-refractivity contribution is 1.04. The minimum absolute atomic E-state index is 0. The van der Waals surface area contributed by atoms with Gasteiger partial charge >= 0.3 is 0 Å². The number of pyridine rings is 1. The van der Waals surface area contributed by atoms with Crippen LogP contribution in [0.1, 0.15) is 23.7 Å². The summed E-state index contributed by atoms with van der Waals surface area (Å²) >= 11 is 0. The van der Waals surface area contributed by atoms with E-state index in [1.54, 1.807) is 0 Å². The van der Waals surface area contributed by atoms with Crippen molar-refractivity contribution in [3.63, 3.8) is 0 Å². The van der Waals surface area contributed by atoms with Crippen molar-refractivity contribution >= 4 is 6.08 Å². The Balaban J connectivity index is 0.00000121. The van der Waals surface area contributed by atoms with E-state index >= 15 is 0 Å². The summed E-state index contributed by atoms with van der Waals surface area (Å²) in [6.07, 6.45) is 4.72. The quantitative estimate of drug-likeness (QED) is 0.651. The van der Waals surface area contributed by atoms with Crippen LogP contribution in [0.5, 0.6) is 0 Å². The lowest BCUT2D eigenvalue weighted by Crippen LogP contribution is -1.90. The standard InChI is InChI=1S/C10H13N.CH3/c1-4-9-6-10(5-2)8(3)11-7-9;/h4,6-7H,1,5H2,2-3H3;1H3. The molecule has 0 atom stereocenters. The Morgan fingerprint density at radius 1 is 1.58 bits per heavy atom. The third-order valence-electron chi connectivity index (χ3n) is 1.83. The lowest BCUT2D eigenvalue weighted by atomic mass is 10.1. The van der Waals surface area contributed by atoms with Crippen LogP contribution in [0.15, 0.2) is 18.8 Å². The number of rotatable bonds is 2. The van der Waals surface area contributed by atoms with Gasteiger partial charge in [-0.1, -0.05) is 27.0 Å². The van der Waals surface area contributed by atoms with Crippen LogP contribution in [0.2, 0.25) is 0 Å². The van der Waals surface area contributed by atoms with Gasteiger partial charge < -0.3 is 0 Å². The van der Waals surface area contributed by atoms with Crippen molar-refractivity contribution in [2.75, 3.05) is 0 Å². The molecule has 0 amide bonds. The van der Waals surface area contributed by atoms with E-state index < -0.39 is 0 Å². The van der Waals surface area contributed by atoms with Crippen LogP contribution in [0.4, 0.5) is 0 Å². The van der Waals surface area contributed by atoms with Gasteiger partial charge in [-0.2, -0.15) is 0 Å². The average molecular weight is 162 g/mol. The molecule has 1 aromatic rings. The first-order valence-corrected chi connectivity index (χ1v) is 3.86. The summed E-state index contributed by atoms with van der Waals surface area (Å²) in [5.41, 5.74) is 3.54. The van der Waals surface area contributed by atoms with Gasteiger partial charge in [0, 0.05) is 11.9 Å². The van der Waals surface area contributed by atoms with Gasteiger partial charge in [-0.05, 0) is 30.5 Å². The Morgan fingerprint density at radius 3 is 2.75 bits per heavy atom. The molecule has 1 aromatic heterocycles. The summed E-state index contributed by atoms with van der Waals surface area (Å²) in [4.78, 5) is 4.25. The van der Waals surface area contributed by atoms with E-state index in [4.69, 9.17) is 0 Å². The van der Waals surface area contributed by atoms with E-state index in [-0.39, 0.29) is 7.43 Å². The van der Waals surface area contributed by atoms with Gasteiger partial charge in [-0.15, -0.1) is 0 Å². The van der Waals surface area contributed by atoms with E-state index in [1.807, 2.05) is 19.2 Å². The number of aromatic nitrogens is 1. The highest BCUT2D eigenvalue weighted by molar-refractivity contribution is 5.47. The van der Waals surface area contributed by atoms with Gasteiger partial charge in [-0.3, -0.25) is 4.98 Å². The molecule has 1 rings (SSSR count). The Kier molecular flexibility index (Phi) is 4.27. The molecule has 0 bridgehead atoms. The van der Waals surface area contributed by atoms with Gasteiger partial charge in [0.2, 0.25) is 0 Å². The van der Waals surface area contributed by atoms with Crippen molar-refractivity contribution < 1.29 is 0 Å². The second kappa shape index (κ2) is 4.70. The fourth-order valence-corrected chi connectivity index (χ4v) is 1.07. The average Bonchev–Trinajstić information content (AvgIpc) is 2.05. The summed E-state index contributed by atoms with van der Waals surface area (Å²) in [5, 5.41) is 0. The fraction of sp³-hybridized carbons (Fsp3) is 0.273. The van der Waals surface area contributed by atoms with Gasteiger partial charge in [-0.25, -0.2) is 0 Å². The minimum Gasteiger partial charge on any atom is -0.261 e. The fourth-order valence-electron chi connectivity index (χ4n) is 1.07. The second-order valence-corrected chi connectivity index (χ2v) is 2.57. The lowest BCUT2D eigenvalue weighted by Gasteiger charge is -2.01. The van der Waals surface area contributed by atoms with Gasteiger partial charge in [0.1, 0.15) is 0 Å². The maximum Gasteiger partial charge on any atom is 0.0404 e. The molecule has 0 aromatic carbocycles. The van der Waals surface area contributed by atoms with E-state index in [0.29, 0.717) is 0 Å². The van der Waals surface area contributed by atoms with Crippen molar-refractivity contribution in [1.82, 2.24) is 4.98 Å². The first-order valence-electron chi connectivity index (χ1n) is 3.86. The summed E-state index contributed by atoms with van der Waals surface area (Å²) in [7, 11) is 0. The van der Waals surface area contributed by atoms with Gasteiger partial charge in [0.05, 0.1) is 0 Å². The third kappa shape index (κ3) is 2.19. The van der Waals surface area contributed by atoms with Crippen molar-refractivity contribution in [2.24, 2.45) is 0 Å². The zero-order valence-corrected chi connectivity index (χ0v) is 8.09. The summed E-state index contributed by atoms with van der Waals surface area (Å²) in [6.45, 7) is 7.87. The van der Waals surface area contributed by atoms with Crippen LogP contribution < -0.4 is 0 Å². The molecule has 0 aliphatic rings. The van der Waals surface area contributed by atoms with E-state index in [2.05, 4.69) is 24.6 Å². The molecule has 1 radical (unpaired) electrons. The normalized spacial score (nSPS) is 8.83. The van der Waals surface area contributed by atoms with Crippen molar-refractivity contribution in [1.29, 1.82) is 0 Å². The monoisotopic (exact) mass is 162 g/mol. The summed E-state index contributed by atoms with van der Waals surface area (Å²) in [5.74, 6) is 0. The second-order valence-electron chi connectivity index (χ2n) is 2.57. The van der Waals surface area contributed by atoms with E-state index in [9.17, 15) is 0 Å². The smallest absolute Gasteiger partial charge is 0.0404 e. The Morgan fingerprint density at radius 2 is 2.25 bits per heavy atom. The Labute approximate surface area is 75.2 Å². The minimum atomic E-state index is 0. The highest BCUT2D eigenvalue weighted by Crippen LogP contribution is 2.08. The molecular weight excluding hydrogens is 146 g/mol. The zero-order valence-electron chi connectivity index (χ0n) is 8.09. The first-order chi connectivity index (χ1) is 5.27. The van der Waals surface area contributed by atoms with E-state index in [1.165, 1.54) is 5.56 Å². The van der Waals surface area contributed by atoms with Crippen molar-refractivity contribution in [3.8, 4) is 0 Å². The third-order valence-corrected chi connectivity index (χ3v) is 1.83. The van der Waals surface area contributed by atoms with Crippen LogP contribution in [0, 0.1) is 14.4 Å². The molecule has 0 spiro atoms. The predicted molar refractivity (Wildman–Crippen MR) is 54.9 cm³/mol. The Hall–Kier alpha value is -1.11. The highest BCUT2D eigenvalue weighted by atomic mass is 14.7. The van der Waals surface area contributed by atoms with Crippen molar-refractivity contribution in [2.45, 2.75) is 20.3 Å². The maximum atomic E-state index is 4.25. The largest absolute Gasteiger partial charge is 0.261 e. The molecule has 0 N–H and O–H groups in total. The molecule has 0 aliphatic carbocycles. The Bertz CT molecular complexity index is 264. The molecule has 65 valence electrons. The number of hydrogen-bond donors (Lipinski definition) is 0. The molecule has 1 nitrogen and oxygen atoms in total. The number of hydrogen-bond acceptors (Lipinski definition) is 1. The maximum absolute atomic E-state index is 4.25. The van der Waals surface area contributed by atoms with Crippen LogP contribution in [-0.2, 0) is 6.42 Å². The molecular formula is C11H16N. The predicted octanol–water partition coefficient (Wildman–Crippen LogP) is 3.05.